The lowest BCUT2D eigenvalue weighted by Crippen LogP contribution is -2.23. The molecule has 2 heterocycles. The minimum absolute atomic E-state index is 0.0884. The summed E-state index contributed by atoms with van der Waals surface area (Å²) in [4.78, 5) is 20.0. The van der Waals surface area contributed by atoms with Gasteiger partial charge >= 0.3 is 0 Å². The third-order valence-electron chi connectivity index (χ3n) is 4.79. The second-order valence-corrected chi connectivity index (χ2v) is 10.8. The van der Waals surface area contributed by atoms with E-state index < -0.39 is 10.0 Å². The number of rotatable bonds is 6. The first-order valence-electron chi connectivity index (χ1n) is 8.82. The van der Waals surface area contributed by atoms with Crippen LogP contribution in [-0.4, -0.2) is 29.5 Å². The van der Waals surface area contributed by atoms with E-state index in [2.05, 4.69) is 0 Å². The average molecular weight is 438 g/mol. The van der Waals surface area contributed by atoms with Gasteiger partial charge in [0.05, 0.1) is 16.8 Å². The molecule has 0 spiro atoms. The number of hydrogen-bond donors (Lipinski definition) is 1. The fourth-order valence-electron chi connectivity index (χ4n) is 2.99. The van der Waals surface area contributed by atoms with Gasteiger partial charge in [-0.2, -0.15) is 0 Å². The highest BCUT2D eigenvalue weighted by Crippen LogP contribution is 2.30. The number of nitrogens with two attached hydrogens (primary N) is 1. The third kappa shape index (κ3) is 4.17. The zero-order valence-corrected chi connectivity index (χ0v) is 18.7. The monoisotopic (exact) mass is 437 g/mol. The molecule has 9 heteroatoms. The Bertz CT molecular complexity index is 1210. The van der Waals surface area contributed by atoms with Crippen molar-refractivity contribution in [3.05, 3.63) is 50.1 Å². The summed E-state index contributed by atoms with van der Waals surface area (Å²) in [7, 11) is -3.50. The molecule has 3 rings (SSSR count). The number of benzene rings is 1. The highest BCUT2D eigenvalue weighted by molar-refractivity contribution is 7.99. The van der Waals surface area contributed by atoms with Crippen molar-refractivity contribution >= 4 is 43.3 Å². The van der Waals surface area contributed by atoms with Crippen LogP contribution < -0.4 is 10.7 Å². The lowest BCUT2D eigenvalue weighted by Gasteiger charge is -2.15. The van der Waals surface area contributed by atoms with Gasteiger partial charge in [0.25, 0.3) is 5.56 Å². The molecule has 6 nitrogen and oxygen atoms in total. The van der Waals surface area contributed by atoms with Gasteiger partial charge in [0.2, 0.25) is 10.0 Å². The summed E-state index contributed by atoms with van der Waals surface area (Å²) in [5, 5.41) is 6.31. The summed E-state index contributed by atoms with van der Waals surface area (Å²) in [5.41, 5.74) is 3.78. The van der Waals surface area contributed by atoms with Crippen LogP contribution in [-0.2, 0) is 10.0 Å². The van der Waals surface area contributed by atoms with Gasteiger partial charge in [-0.25, -0.2) is 18.5 Å². The van der Waals surface area contributed by atoms with E-state index in [1.54, 1.807) is 4.57 Å². The normalized spacial score (nSPS) is 12.0. The maximum Gasteiger partial charge on any atom is 0.267 e. The Balaban J connectivity index is 2.15. The topological polar surface area (TPSA) is 95.1 Å². The van der Waals surface area contributed by atoms with Gasteiger partial charge < -0.3 is 0 Å². The molecule has 0 unspecified atom stereocenters. The molecule has 28 heavy (non-hydrogen) atoms. The van der Waals surface area contributed by atoms with Crippen molar-refractivity contribution in [3.63, 3.8) is 0 Å². The zero-order valence-electron chi connectivity index (χ0n) is 16.3. The van der Waals surface area contributed by atoms with E-state index in [1.807, 2.05) is 45.9 Å². The second-order valence-electron chi connectivity index (χ2n) is 6.79. The van der Waals surface area contributed by atoms with Gasteiger partial charge in [-0.05, 0) is 56.9 Å². The van der Waals surface area contributed by atoms with Crippen molar-refractivity contribution in [2.75, 3.05) is 11.5 Å². The Morgan fingerprint density at radius 3 is 2.57 bits per heavy atom. The summed E-state index contributed by atoms with van der Waals surface area (Å²) in [5.74, 6) is 0.412. The first-order chi connectivity index (χ1) is 13.1. The molecule has 0 saturated heterocycles. The molecule has 0 aliphatic heterocycles. The molecule has 0 atom stereocenters. The largest absolute Gasteiger partial charge is 0.268 e. The Kier molecular flexibility index (Phi) is 6.00. The molecular formula is C19H23N3O3S3. The van der Waals surface area contributed by atoms with E-state index in [0.29, 0.717) is 22.7 Å². The van der Waals surface area contributed by atoms with Crippen LogP contribution in [0.25, 0.3) is 15.9 Å². The Morgan fingerprint density at radius 2 is 1.89 bits per heavy atom. The molecule has 3 aromatic rings. The van der Waals surface area contributed by atoms with Crippen molar-refractivity contribution in [1.82, 2.24) is 9.55 Å². The molecule has 0 aliphatic carbocycles. The van der Waals surface area contributed by atoms with Crippen molar-refractivity contribution in [3.8, 4) is 5.69 Å². The Hall–Kier alpha value is -1.68. The molecule has 0 amide bonds. The summed E-state index contributed by atoms with van der Waals surface area (Å²) < 4.78 is 24.0. The van der Waals surface area contributed by atoms with E-state index in [0.717, 1.165) is 32.1 Å². The van der Waals surface area contributed by atoms with Crippen LogP contribution in [0.1, 0.15) is 28.0 Å². The van der Waals surface area contributed by atoms with Crippen LogP contribution in [0.15, 0.2) is 28.2 Å². The fraction of sp³-hybridized carbons (Fsp3) is 0.368. The summed E-state index contributed by atoms with van der Waals surface area (Å²) in [6, 6.07) is 5.85. The highest BCUT2D eigenvalue weighted by atomic mass is 32.2. The van der Waals surface area contributed by atoms with Crippen LogP contribution in [0.5, 0.6) is 0 Å². The molecule has 2 N–H and O–H groups in total. The second kappa shape index (κ2) is 7.98. The molecule has 2 aromatic heterocycles. The minimum atomic E-state index is -3.50. The number of hydrogen-bond acceptors (Lipinski definition) is 6. The van der Waals surface area contributed by atoms with Gasteiger partial charge in [-0.1, -0.05) is 23.9 Å². The number of thiophene rings is 1. The van der Waals surface area contributed by atoms with Gasteiger partial charge in [0, 0.05) is 10.6 Å². The summed E-state index contributed by atoms with van der Waals surface area (Å²) >= 11 is 2.89. The number of fused-ring (bicyclic) bond motifs is 1. The SMILES string of the molecule is Cc1cccc(-n2c(SCCCS(N)(=O)=O)nc3sc(C)c(C)c3c2=O)c1C. The number of sulfonamides is 1. The zero-order chi connectivity index (χ0) is 20.6. The predicted molar refractivity (Wildman–Crippen MR) is 117 cm³/mol. The number of primary sulfonamides is 1. The lowest BCUT2D eigenvalue weighted by molar-refractivity contribution is 0.596. The molecule has 0 aliphatic rings. The molecule has 0 radical (unpaired) electrons. The lowest BCUT2D eigenvalue weighted by atomic mass is 10.1. The van der Waals surface area contributed by atoms with Gasteiger partial charge in [-0.15, -0.1) is 11.3 Å². The Labute approximate surface area is 172 Å². The van der Waals surface area contributed by atoms with Gasteiger partial charge in [-0.3, -0.25) is 9.36 Å². The summed E-state index contributed by atoms with van der Waals surface area (Å²) in [6.07, 6.45) is 0.396. The van der Waals surface area contributed by atoms with Crippen LogP contribution in [0.2, 0.25) is 0 Å². The average Bonchev–Trinajstić information content (AvgIpc) is 2.88. The molecule has 0 bridgehead atoms. The van der Waals surface area contributed by atoms with Crippen LogP contribution in [0.3, 0.4) is 0 Å². The molecular weight excluding hydrogens is 414 g/mol. The number of thioether (sulfide) groups is 1. The van der Waals surface area contributed by atoms with Crippen molar-refractivity contribution in [2.45, 2.75) is 39.3 Å². The van der Waals surface area contributed by atoms with E-state index in [4.69, 9.17) is 10.1 Å². The fourth-order valence-corrected chi connectivity index (χ4v) is 5.73. The van der Waals surface area contributed by atoms with Gasteiger partial charge in [0.15, 0.2) is 5.16 Å². The van der Waals surface area contributed by atoms with E-state index >= 15 is 0 Å². The maximum atomic E-state index is 13.4. The Morgan fingerprint density at radius 1 is 1.18 bits per heavy atom. The molecule has 1 aromatic carbocycles. The van der Waals surface area contributed by atoms with E-state index in [9.17, 15) is 13.2 Å². The molecule has 0 saturated carbocycles. The quantitative estimate of drug-likeness (QED) is 0.362. The first-order valence-corrected chi connectivity index (χ1v) is 12.3. The number of aromatic nitrogens is 2. The van der Waals surface area contributed by atoms with Crippen molar-refractivity contribution in [2.24, 2.45) is 5.14 Å². The van der Waals surface area contributed by atoms with Crippen molar-refractivity contribution in [1.29, 1.82) is 0 Å². The van der Waals surface area contributed by atoms with Crippen LogP contribution >= 0.6 is 23.1 Å². The summed E-state index contributed by atoms with van der Waals surface area (Å²) in [6.45, 7) is 7.93. The third-order valence-corrected chi connectivity index (χ3v) is 7.78. The highest BCUT2D eigenvalue weighted by Gasteiger charge is 2.19. The van der Waals surface area contributed by atoms with E-state index in [1.165, 1.54) is 23.1 Å². The van der Waals surface area contributed by atoms with E-state index in [-0.39, 0.29) is 11.3 Å². The smallest absolute Gasteiger partial charge is 0.267 e. The minimum Gasteiger partial charge on any atom is -0.268 e. The standard InChI is InChI=1S/C19H23N3O3S3/c1-11-7-5-8-15(12(11)2)22-18(23)16-13(3)14(4)27-17(16)21-19(22)26-9-6-10-28(20,24)25/h5,7-8H,6,9-10H2,1-4H3,(H2,20,24,25). The van der Waals surface area contributed by atoms with Crippen LogP contribution in [0.4, 0.5) is 0 Å². The molecule has 0 fully saturated rings. The van der Waals surface area contributed by atoms with Gasteiger partial charge in [0.1, 0.15) is 4.83 Å². The van der Waals surface area contributed by atoms with Crippen molar-refractivity contribution < 1.29 is 8.42 Å². The number of aryl methyl sites for hydroxylation is 3. The number of nitrogens with zero attached hydrogens (tertiary/aromatic N) is 2. The van der Waals surface area contributed by atoms with Crippen LogP contribution in [0, 0.1) is 27.7 Å². The first kappa shape index (κ1) is 21.0. The predicted octanol–water partition coefficient (Wildman–Crippen LogP) is 3.45. The maximum absolute atomic E-state index is 13.4. The molecule has 150 valence electrons.